The van der Waals surface area contributed by atoms with Crippen molar-refractivity contribution in [2.24, 2.45) is 5.92 Å². The molecule has 146 valence electrons. The number of aromatic nitrogens is 3. The highest BCUT2D eigenvalue weighted by molar-refractivity contribution is 5.54. The largest absolute Gasteiger partial charge is 0.384 e. The van der Waals surface area contributed by atoms with Crippen LogP contribution in [0.15, 0.2) is 53.2 Å². The van der Waals surface area contributed by atoms with Gasteiger partial charge in [0.15, 0.2) is 5.82 Å². The number of nitrogens with zero attached hydrogens (tertiary/aromatic N) is 4. The van der Waals surface area contributed by atoms with E-state index in [0.717, 1.165) is 62.6 Å². The fourth-order valence-electron chi connectivity index (χ4n) is 3.68. The maximum atomic E-state index is 5.44. The summed E-state index contributed by atoms with van der Waals surface area (Å²) in [6.45, 7) is 2.82. The summed E-state index contributed by atoms with van der Waals surface area (Å²) in [5, 5.41) is 4.12. The van der Waals surface area contributed by atoms with Crippen molar-refractivity contribution in [1.82, 2.24) is 15.1 Å². The molecule has 6 nitrogen and oxygen atoms in total. The van der Waals surface area contributed by atoms with E-state index in [1.165, 1.54) is 5.56 Å². The minimum absolute atomic E-state index is 0.535. The van der Waals surface area contributed by atoms with Crippen molar-refractivity contribution in [3.05, 3.63) is 60.0 Å². The van der Waals surface area contributed by atoms with Gasteiger partial charge in [-0.15, -0.1) is 0 Å². The molecule has 0 radical (unpaired) electrons. The van der Waals surface area contributed by atoms with E-state index in [-0.39, 0.29) is 0 Å². The van der Waals surface area contributed by atoms with Gasteiger partial charge in [-0.25, -0.2) is 4.98 Å². The van der Waals surface area contributed by atoms with Gasteiger partial charge in [-0.05, 0) is 37.0 Å². The van der Waals surface area contributed by atoms with Crippen molar-refractivity contribution in [3.8, 4) is 11.5 Å². The van der Waals surface area contributed by atoms with Gasteiger partial charge in [-0.3, -0.25) is 0 Å². The predicted molar refractivity (Wildman–Crippen MR) is 108 cm³/mol. The molecule has 0 spiro atoms. The molecule has 0 bridgehead atoms. The summed E-state index contributed by atoms with van der Waals surface area (Å²) in [6.07, 6.45) is 5.78. The Morgan fingerprint density at radius 2 is 2.04 bits per heavy atom. The average molecular weight is 378 g/mol. The zero-order chi connectivity index (χ0) is 19.2. The van der Waals surface area contributed by atoms with Crippen LogP contribution in [0.4, 0.5) is 5.82 Å². The number of hydrogen-bond donors (Lipinski definition) is 0. The lowest BCUT2D eigenvalue weighted by molar-refractivity contribution is 0.161. The van der Waals surface area contributed by atoms with Gasteiger partial charge in [0.25, 0.3) is 5.89 Å². The van der Waals surface area contributed by atoms with Crippen molar-refractivity contribution >= 4 is 5.82 Å². The number of rotatable bonds is 8. The number of benzene rings is 1. The van der Waals surface area contributed by atoms with E-state index >= 15 is 0 Å². The second-order valence-corrected chi connectivity index (χ2v) is 7.32. The quantitative estimate of drug-likeness (QED) is 0.594. The highest BCUT2D eigenvalue weighted by atomic mass is 16.5. The van der Waals surface area contributed by atoms with E-state index in [4.69, 9.17) is 9.26 Å². The van der Waals surface area contributed by atoms with E-state index < -0.39 is 0 Å². The molecule has 0 amide bonds. The van der Waals surface area contributed by atoms with E-state index in [2.05, 4.69) is 44.3 Å². The third-order valence-corrected chi connectivity index (χ3v) is 5.18. The summed E-state index contributed by atoms with van der Waals surface area (Å²) in [5.74, 6) is 2.86. The molecule has 4 rings (SSSR count). The highest BCUT2D eigenvalue weighted by Crippen LogP contribution is 2.24. The lowest BCUT2D eigenvalue weighted by atomic mass is 10.1. The molecule has 0 unspecified atom stereocenters. The molecule has 1 saturated heterocycles. The minimum atomic E-state index is 0.535. The molecule has 0 aliphatic carbocycles. The van der Waals surface area contributed by atoms with Crippen molar-refractivity contribution in [3.63, 3.8) is 0 Å². The van der Waals surface area contributed by atoms with Crippen LogP contribution in [0, 0.1) is 5.92 Å². The van der Waals surface area contributed by atoms with Crippen LogP contribution in [0.2, 0.25) is 0 Å². The second kappa shape index (κ2) is 8.97. The Kier molecular flexibility index (Phi) is 5.97. The first kappa shape index (κ1) is 18.6. The van der Waals surface area contributed by atoms with Crippen LogP contribution in [0.5, 0.6) is 0 Å². The van der Waals surface area contributed by atoms with Crippen molar-refractivity contribution in [2.45, 2.75) is 25.7 Å². The number of aryl methyl sites for hydroxylation is 2. The molecule has 6 heteroatoms. The molecule has 0 N–H and O–H groups in total. The lowest BCUT2D eigenvalue weighted by Crippen LogP contribution is -2.21. The van der Waals surface area contributed by atoms with E-state index in [0.29, 0.717) is 11.8 Å². The Balaban J connectivity index is 1.32. The molecular formula is C22H26N4O2. The Morgan fingerprint density at radius 3 is 2.82 bits per heavy atom. The molecule has 0 saturated carbocycles. The zero-order valence-electron chi connectivity index (χ0n) is 16.3. The first-order valence-corrected chi connectivity index (χ1v) is 9.88. The van der Waals surface area contributed by atoms with Crippen LogP contribution >= 0.6 is 0 Å². The zero-order valence-corrected chi connectivity index (χ0v) is 16.3. The van der Waals surface area contributed by atoms with Crippen LogP contribution < -0.4 is 4.90 Å². The summed E-state index contributed by atoms with van der Waals surface area (Å²) in [4.78, 5) is 11.4. The number of hydrogen-bond acceptors (Lipinski definition) is 6. The SMILES string of the molecule is COC[C@@H]1CCN(c2ccc(-c3nc(CCCc4ccccc4)no3)cn2)C1. The number of ether oxygens (including phenoxy) is 1. The van der Waals surface area contributed by atoms with Crippen molar-refractivity contribution in [1.29, 1.82) is 0 Å². The van der Waals surface area contributed by atoms with Crippen LogP contribution in [-0.2, 0) is 17.6 Å². The Hall–Kier alpha value is -2.73. The van der Waals surface area contributed by atoms with Crippen LogP contribution in [0.3, 0.4) is 0 Å². The van der Waals surface area contributed by atoms with Gasteiger partial charge in [-0.2, -0.15) is 4.98 Å². The second-order valence-electron chi connectivity index (χ2n) is 7.32. The summed E-state index contributed by atoms with van der Waals surface area (Å²) < 4.78 is 10.7. The summed E-state index contributed by atoms with van der Waals surface area (Å²) in [6, 6.07) is 14.5. The van der Waals surface area contributed by atoms with Crippen molar-refractivity contribution < 1.29 is 9.26 Å². The summed E-state index contributed by atoms with van der Waals surface area (Å²) >= 11 is 0. The molecule has 1 aliphatic heterocycles. The monoisotopic (exact) mass is 378 g/mol. The van der Waals surface area contributed by atoms with Crippen molar-refractivity contribution in [2.75, 3.05) is 31.7 Å². The number of pyridine rings is 1. The highest BCUT2D eigenvalue weighted by Gasteiger charge is 2.23. The predicted octanol–water partition coefficient (Wildman–Crippen LogP) is 3.78. The molecule has 1 atom stereocenters. The van der Waals surface area contributed by atoms with E-state index in [1.807, 2.05) is 24.4 Å². The van der Waals surface area contributed by atoms with Gasteiger partial charge in [-0.1, -0.05) is 35.5 Å². The molecule has 3 heterocycles. The molecule has 1 fully saturated rings. The van der Waals surface area contributed by atoms with E-state index in [9.17, 15) is 0 Å². The maximum absolute atomic E-state index is 5.44. The van der Waals surface area contributed by atoms with Crippen LogP contribution in [0.25, 0.3) is 11.5 Å². The molecule has 1 aromatic carbocycles. The first-order valence-electron chi connectivity index (χ1n) is 9.88. The Labute approximate surface area is 165 Å². The normalized spacial score (nSPS) is 16.6. The Morgan fingerprint density at radius 1 is 1.14 bits per heavy atom. The fourth-order valence-corrected chi connectivity index (χ4v) is 3.68. The smallest absolute Gasteiger partial charge is 0.259 e. The van der Waals surface area contributed by atoms with E-state index in [1.54, 1.807) is 7.11 Å². The molecule has 3 aromatic rings. The van der Waals surface area contributed by atoms with Gasteiger partial charge in [0.1, 0.15) is 5.82 Å². The van der Waals surface area contributed by atoms with Gasteiger partial charge in [0.05, 0.1) is 12.2 Å². The molecular weight excluding hydrogens is 352 g/mol. The summed E-state index contributed by atoms with van der Waals surface area (Å²) in [5.41, 5.74) is 2.19. The Bertz CT molecular complexity index is 864. The topological polar surface area (TPSA) is 64.3 Å². The van der Waals surface area contributed by atoms with Crippen LogP contribution in [-0.4, -0.2) is 41.9 Å². The van der Waals surface area contributed by atoms with Gasteiger partial charge < -0.3 is 14.2 Å². The maximum Gasteiger partial charge on any atom is 0.259 e. The number of methoxy groups -OCH3 is 1. The van der Waals surface area contributed by atoms with Gasteiger partial charge in [0, 0.05) is 38.7 Å². The first-order chi connectivity index (χ1) is 13.8. The third kappa shape index (κ3) is 4.57. The van der Waals surface area contributed by atoms with Gasteiger partial charge >= 0.3 is 0 Å². The van der Waals surface area contributed by atoms with Crippen LogP contribution in [0.1, 0.15) is 24.2 Å². The fraction of sp³-hybridized carbons (Fsp3) is 0.409. The third-order valence-electron chi connectivity index (χ3n) is 5.18. The average Bonchev–Trinajstić information content (AvgIpc) is 3.39. The molecule has 28 heavy (non-hydrogen) atoms. The molecule has 1 aliphatic rings. The summed E-state index contributed by atoms with van der Waals surface area (Å²) in [7, 11) is 1.76. The lowest BCUT2D eigenvalue weighted by Gasteiger charge is -2.17. The standard InChI is InChI=1S/C22H26N4O2/c1-27-16-18-12-13-26(15-18)21-11-10-19(14-23-21)22-24-20(25-28-22)9-5-8-17-6-3-2-4-7-17/h2-4,6-7,10-11,14,18H,5,8-9,12-13,15-16H2,1H3/t18-/m1/s1. The number of anilines is 1. The molecule has 2 aromatic heterocycles. The minimum Gasteiger partial charge on any atom is -0.384 e. The van der Waals surface area contributed by atoms with Gasteiger partial charge in [0.2, 0.25) is 0 Å².